The molecule has 0 saturated heterocycles. The molecule has 0 saturated carbocycles. The van der Waals surface area contributed by atoms with Crippen LogP contribution in [-0.4, -0.2) is 23.3 Å². The molecule has 1 aromatic carbocycles. The van der Waals surface area contributed by atoms with E-state index in [0.29, 0.717) is 0 Å². The highest BCUT2D eigenvalue weighted by Crippen LogP contribution is 2.35. The summed E-state index contributed by atoms with van der Waals surface area (Å²) in [6.45, 7) is 0. The third-order valence-corrected chi connectivity index (χ3v) is 4.35. The Morgan fingerprint density at radius 3 is 2.86 bits per heavy atom. The number of aliphatic hydroxyl groups excluding tert-OH is 1. The van der Waals surface area contributed by atoms with Crippen LogP contribution in [0.5, 0.6) is 5.75 Å². The molecule has 1 heterocycles. The Bertz CT molecular complexity index is 594. The lowest BCUT2D eigenvalue weighted by atomic mass is 9.94. The molecule has 3 nitrogen and oxygen atoms in total. The normalized spacial score (nSPS) is 18.3. The standard InChI is InChI=1S/C18H21NO2/c1-21-15-8-4-13(5-9-15)6-11-17(20)16-10-7-14-3-2-12-19-18(14)16/h2-5,8-9,12,16-17,20H,6-7,10-11H2,1H3. The molecule has 110 valence electrons. The van der Waals surface area contributed by atoms with E-state index in [1.165, 1.54) is 11.1 Å². The Hall–Kier alpha value is -1.87. The summed E-state index contributed by atoms with van der Waals surface area (Å²) >= 11 is 0. The van der Waals surface area contributed by atoms with Gasteiger partial charge in [0.1, 0.15) is 5.75 Å². The second-order valence-electron chi connectivity index (χ2n) is 5.65. The number of rotatable bonds is 5. The van der Waals surface area contributed by atoms with Gasteiger partial charge in [0.2, 0.25) is 0 Å². The van der Waals surface area contributed by atoms with Crippen LogP contribution < -0.4 is 4.74 Å². The van der Waals surface area contributed by atoms with E-state index in [1.807, 2.05) is 24.4 Å². The molecular weight excluding hydrogens is 262 g/mol. The first-order valence-corrected chi connectivity index (χ1v) is 7.52. The minimum atomic E-state index is -0.316. The van der Waals surface area contributed by atoms with Crippen molar-refractivity contribution in [1.82, 2.24) is 4.98 Å². The second-order valence-corrected chi connectivity index (χ2v) is 5.65. The molecule has 3 heteroatoms. The van der Waals surface area contributed by atoms with Crippen molar-refractivity contribution in [1.29, 1.82) is 0 Å². The molecule has 0 aliphatic heterocycles. The number of aliphatic hydroxyl groups is 1. The summed E-state index contributed by atoms with van der Waals surface area (Å²) in [4.78, 5) is 4.46. The number of methoxy groups -OCH3 is 1. The summed E-state index contributed by atoms with van der Waals surface area (Å²) < 4.78 is 5.16. The van der Waals surface area contributed by atoms with Crippen molar-refractivity contribution in [2.45, 2.75) is 37.7 Å². The van der Waals surface area contributed by atoms with Gasteiger partial charge in [-0.3, -0.25) is 4.98 Å². The van der Waals surface area contributed by atoms with Crippen LogP contribution in [0.25, 0.3) is 0 Å². The van der Waals surface area contributed by atoms with Crippen LogP contribution in [0.1, 0.15) is 35.6 Å². The molecule has 2 aromatic rings. The van der Waals surface area contributed by atoms with Crippen molar-refractivity contribution >= 4 is 0 Å². The Kier molecular flexibility index (Phi) is 4.20. The molecule has 0 fully saturated rings. The monoisotopic (exact) mass is 283 g/mol. The average Bonchev–Trinajstić information content (AvgIpc) is 2.97. The molecule has 0 spiro atoms. The fourth-order valence-electron chi connectivity index (χ4n) is 3.13. The fourth-order valence-corrected chi connectivity index (χ4v) is 3.13. The first-order chi connectivity index (χ1) is 10.3. The van der Waals surface area contributed by atoms with Gasteiger partial charge in [0.05, 0.1) is 13.2 Å². The molecule has 2 unspecified atom stereocenters. The lowest BCUT2D eigenvalue weighted by Gasteiger charge is -2.18. The summed E-state index contributed by atoms with van der Waals surface area (Å²) in [6.07, 6.45) is 5.21. The number of hydrogen-bond donors (Lipinski definition) is 1. The van der Waals surface area contributed by atoms with E-state index in [9.17, 15) is 5.11 Å². The van der Waals surface area contributed by atoms with Crippen molar-refractivity contribution in [2.75, 3.05) is 7.11 Å². The molecule has 3 rings (SSSR count). The Morgan fingerprint density at radius 2 is 2.10 bits per heavy atom. The summed E-state index contributed by atoms with van der Waals surface area (Å²) in [6, 6.07) is 12.2. The summed E-state index contributed by atoms with van der Waals surface area (Å²) in [5.74, 6) is 1.06. The van der Waals surface area contributed by atoms with Crippen LogP contribution in [0.3, 0.4) is 0 Å². The van der Waals surface area contributed by atoms with Crippen molar-refractivity contribution in [2.24, 2.45) is 0 Å². The van der Waals surface area contributed by atoms with E-state index in [4.69, 9.17) is 4.74 Å². The largest absolute Gasteiger partial charge is 0.497 e. The number of aromatic nitrogens is 1. The van der Waals surface area contributed by atoms with E-state index in [1.54, 1.807) is 7.11 Å². The Morgan fingerprint density at radius 1 is 1.29 bits per heavy atom. The molecule has 1 aliphatic rings. The number of benzene rings is 1. The van der Waals surface area contributed by atoms with E-state index >= 15 is 0 Å². The van der Waals surface area contributed by atoms with Crippen molar-refractivity contribution in [3.05, 3.63) is 59.4 Å². The van der Waals surface area contributed by atoms with E-state index in [-0.39, 0.29) is 12.0 Å². The highest BCUT2D eigenvalue weighted by molar-refractivity contribution is 5.30. The highest BCUT2D eigenvalue weighted by atomic mass is 16.5. The molecule has 1 N–H and O–H groups in total. The van der Waals surface area contributed by atoms with Crippen molar-refractivity contribution in [3.63, 3.8) is 0 Å². The zero-order chi connectivity index (χ0) is 14.7. The first kappa shape index (κ1) is 14.1. The van der Waals surface area contributed by atoms with E-state index in [0.717, 1.165) is 37.1 Å². The first-order valence-electron chi connectivity index (χ1n) is 7.52. The van der Waals surface area contributed by atoms with Crippen LogP contribution in [0.4, 0.5) is 0 Å². The van der Waals surface area contributed by atoms with E-state index in [2.05, 4.69) is 23.2 Å². The van der Waals surface area contributed by atoms with Crippen LogP contribution in [0.15, 0.2) is 42.6 Å². The minimum absolute atomic E-state index is 0.194. The average molecular weight is 283 g/mol. The van der Waals surface area contributed by atoms with Gasteiger partial charge in [0.15, 0.2) is 0 Å². The van der Waals surface area contributed by atoms with E-state index < -0.39 is 0 Å². The van der Waals surface area contributed by atoms with Gasteiger partial charge in [0.25, 0.3) is 0 Å². The topological polar surface area (TPSA) is 42.4 Å². The molecule has 1 aromatic heterocycles. The van der Waals surface area contributed by atoms with Crippen molar-refractivity contribution in [3.8, 4) is 5.75 Å². The lowest BCUT2D eigenvalue weighted by Crippen LogP contribution is -2.18. The predicted octanol–water partition coefficient (Wildman–Crippen LogP) is 3.11. The lowest BCUT2D eigenvalue weighted by molar-refractivity contribution is 0.132. The molecule has 1 aliphatic carbocycles. The SMILES string of the molecule is COc1ccc(CCC(O)C2CCc3cccnc32)cc1. The summed E-state index contributed by atoms with van der Waals surface area (Å²) in [5.41, 5.74) is 3.62. The number of ether oxygens (including phenoxy) is 1. The number of nitrogens with zero attached hydrogens (tertiary/aromatic N) is 1. The number of pyridine rings is 1. The molecular formula is C18H21NO2. The molecule has 2 atom stereocenters. The zero-order valence-electron chi connectivity index (χ0n) is 12.3. The zero-order valence-corrected chi connectivity index (χ0v) is 12.3. The van der Waals surface area contributed by atoms with Crippen LogP contribution in [0.2, 0.25) is 0 Å². The van der Waals surface area contributed by atoms with Gasteiger partial charge in [-0.1, -0.05) is 18.2 Å². The van der Waals surface area contributed by atoms with Gasteiger partial charge in [-0.25, -0.2) is 0 Å². The predicted molar refractivity (Wildman–Crippen MR) is 82.6 cm³/mol. The summed E-state index contributed by atoms with van der Waals surface area (Å²) in [5, 5.41) is 10.5. The molecule has 21 heavy (non-hydrogen) atoms. The number of hydrogen-bond acceptors (Lipinski definition) is 3. The van der Waals surface area contributed by atoms with Gasteiger partial charge in [-0.15, -0.1) is 0 Å². The maximum atomic E-state index is 10.5. The summed E-state index contributed by atoms with van der Waals surface area (Å²) in [7, 11) is 1.67. The third-order valence-electron chi connectivity index (χ3n) is 4.35. The van der Waals surface area contributed by atoms with Gasteiger partial charge >= 0.3 is 0 Å². The number of fused-ring (bicyclic) bond motifs is 1. The molecule has 0 amide bonds. The second kappa shape index (κ2) is 6.27. The van der Waals surface area contributed by atoms with Gasteiger partial charge in [-0.2, -0.15) is 0 Å². The van der Waals surface area contributed by atoms with Gasteiger partial charge in [-0.05, 0) is 55.0 Å². The maximum absolute atomic E-state index is 10.5. The van der Waals surface area contributed by atoms with Crippen LogP contribution in [0, 0.1) is 0 Å². The maximum Gasteiger partial charge on any atom is 0.118 e. The Labute approximate surface area is 125 Å². The quantitative estimate of drug-likeness (QED) is 0.916. The minimum Gasteiger partial charge on any atom is -0.497 e. The van der Waals surface area contributed by atoms with Crippen LogP contribution >= 0.6 is 0 Å². The molecule has 0 radical (unpaired) electrons. The number of aryl methyl sites for hydroxylation is 2. The smallest absolute Gasteiger partial charge is 0.118 e. The third kappa shape index (κ3) is 3.08. The Balaban J connectivity index is 1.60. The highest BCUT2D eigenvalue weighted by Gasteiger charge is 2.29. The van der Waals surface area contributed by atoms with Gasteiger partial charge < -0.3 is 9.84 Å². The van der Waals surface area contributed by atoms with Crippen LogP contribution in [-0.2, 0) is 12.8 Å². The molecule has 0 bridgehead atoms. The van der Waals surface area contributed by atoms with Crippen molar-refractivity contribution < 1.29 is 9.84 Å². The fraction of sp³-hybridized carbons (Fsp3) is 0.389. The van der Waals surface area contributed by atoms with Gasteiger partial charge in [0, 0.05) is 17.8 Å².